The molecule has 0 spiro atoms. The van der Waals surface area contributed by atoms with Crippen molar-refractivity contribution in [2.45, 2.75) is 31.9 Å². The summed E-state index contributed by atoms with van der Waals surface area (Å²) in [6.45, 7) is 2.13. The van der Waals surface area contributed by atoms with Crippen molar-refractivity contribution in [1.29, 1.82) is 0 Å². The zero-order chi connectivity index (χ0) is 14.1. The van der Waals surface area contributed by atoms with Crippen LogP contribution in [0.25, 0.3) is 11.1 Å². The number of hydrogen-bond donors (Lipinski definition) is 1. The molecule has 0 aliphatic carbocycles. The number of rotatable bonds is 3. The molecule has 104 valence electrons. The number of fused-ring (bicyclic) bond motifs is 1. The summed E-state index contributed by atoms with van der Waals surface area (Å²) < 4.78 is 5.92. The lowest BCUT2D eigenvalue weighted by atomic mass is 9.97. The molecule has 0 saturated carbocycles. The Kier molecular flexibility index (Phi) is 3.68. The van der Waals surface area contributed by atoms with Gasteiger partial charge in [0.1, 0.15) is 11.9 Å². The standard InChI is InChI=1S/C17H18ClNO/c1-2-6-15-16(19)13-9-12(10-14(18)17(13)20-15)11-7-4-3-5-8-11/h3-5,7-10,15-16H,2,6,19H2,1H3. The summed E-state index contributed by atoms with van der Waals surface area (Å²) in [6.07, 6.45) is 2.04. The molecule has 0 saturated heterocycles. The fourth-order valence-electron chi connectivity index (χ4n) is 2.73. The molecule has 2 aromatic rings. The average molecular weight is 288 g/mol. The third-order valence-electron chi connectivity index (χ3n) is 3.78. The lowest BCUT2D eigenvalue weighted by molar-refractivity contribution is 0.195. The van der Waals surface area contributed by atoms with Crippen molar-refractivity contribution in [3.63, 3.8) is 0 Å². The van der Waals surface area contributed by atoms with Crippen LogP contribution >= 0.6 is 11.6 Å². The first-order valence-electron chi connectivity index (χ1n) is 7.01. The first-order chi connectivity index (χ1) is 9.70. The Hall–Kier alpha value is -1.51. The molecule has 0 aromatic heterocycles. The van der Waals surface area contributed by atoms with Crippen molar-refractivity contribution >= 4 is 11.6 Å². The van der Waals surface area contributed by atoms with Crippen molar-refractivity contribution in [2.24, 2.45) is 5.73 Å². The summed E-state index contributed by atoms with van der Waals surface area (Å²) in [6, 6.07) is 14.2. The number of ether oxygens (including phenoxy) is 1. The third kappa shape index (κ3) is 2.30. The Bertz CT molecular complexity index is 612. The summed E-state index contributed by atoms with van der Waals surface area (Å²) in [5.41, 5.74) is 9.56. The molecule has 2 aromatic carbocycles. The summed E-state index contributed by atoms with van der Waals surface area (Å²) in [5, 5.41) is 0.649. The number of halogens is 1. The third-order valence-corrected chi connectivity index (χ3v) is 4.06. The predicted octanol–water partition coefficient (Wildman–Crippen LogP) is 4.57. The minimum Gasteiger partial charge on any atom is -0.487 e. The number of hydrogen-bond acceptors (Lipinski definition) is 2. The Balaban J connectivity index is 2.02. The van der Waals surface area contributed by atoms with Gasteiger partial charge >= 0.3 is 0 Å². The zero-order valence-electron chi connectivity index (χ0n) is 11.5. The van der Waals surface area contributed by atoms with Gasteiger partial charge in [-0.3, -0.25) is 0 Å². The normalized spacial score (nSPS) is 20.6. The van der Waals surface area contributed by atoms with E-state index in [-0.39, 0.29) is 12.1 Å². The largest absolute Gasteiger partial charge is 0.487 e. The first-order valence-corrected chi connectivity index (χ1v) is 7.39. The van der Waals surface area contributed by atoms with Gasteiger partial charge in [-0.05, 0) is 29.7 Å². The first kappa shape index (κ1) is 13.5. The van der Waals surface area contributed by atoms with Gasteiger partial charge in [0.15, 0.2) is 0 Å². The van der Waals surface area contributed by atoms with E-state index in [0.717, 1.165) is 35.3 Å². The second-order valence-corrected chi connectivity index (χ2v) is 5.62. The van der Waals surface area contributed by atoms with Crippen LogP contribution in [0.1, 0.15) is 31.4 Å². The minimum absolute atomic E-state index is 0.0403. The molecule has 1 aliphatic rings. The Morgan fingerprint density at radius 3 is 2.60 bits per heavy atom. The van der Waals surface area contributed by atoms with Gasteiger partial charge in [0.2, 0.25) is 0 Å². The van der Waals surface area contributed by atoms with E-state index in [4.69, 9.17) is 22.1 Å². The fraction of sp³-hybridized carbons (Fsp3) is 0.294. The van der Waals surface area contributed by atoms with Crippen LogP contribution < -0.4 is 10.5 Å². The average Bonchev–Trinajstić information content (AvgIpc) is 2.78. The number of benzene rings is 2. The molecule has 0 bridgehead atoms. The summed E-state index contributed by atoms with van der Waals surface area (Å²) >= 11 is 6.37. The topological polar surface area (TPSA) is 35.2 Å². The maximum atomic E-state index is 6.37. The highest BCUT2D eigenvalue weighted by atomic mass is 35.5. The van der Waals surface area contributed by atoms with E-state index in [1.165, 1.54) is 0 Å². The Morgan fingerprint density at radius 1 is 1.15 bits per heavy atom. The summed E-state index contributed by atoms with van der Waals surface area (Å²) in [5.74, 6) is 0.761. The van der Waals surface area contributed by atoms with E-state index in [1.54, 1.807) is 0 Å². The van der Waals surface area contributed by atoms with Crippen molar-refractivity contribution in [3.8, 4) is 16.9 Å². The van der Waals surface area contributed by atoms with Gasteiger partial charge in [0, 0.05) is 5.56 Å². The van der Waals surface area contributed by atoms with E-state index < -0.39 is 0 Å². The molecule has 2 unspecified atom stereocenters. The van der Waals surface area contributed by atoms with Crippen LogP contribution in [0.15, 0.2) is 42.5 Å². The second kappa shape index (κ2) is 5.47. The number of nitrogens with two attached hydrogens (primary N) is 1. The molecular formula is C17H18ClNO. The molecule has 20 heavy (non-hydrogen) atoms. The quantitative estimate of drug-likeness (QED) is 0.897. The smallest absolute Gasteiger partial charge is 0.143 e. The highest BCUT2D eigenvalue weighted by Gasteiger charge is 2.33. The molecule has 3 heteroatoms. The van der Waals surface area contributed by atoms with Crippen LogP contribution in [0.3, 0.4) is 0 Å². The highest BCUT2D eigenvalue weighted by molar-refractivity contribution is 6.32. The fourth-order valence-corrected chi connectivity index (χ4v) is 3.00. The van der Waals surface area contributed by atoms with Crippen LogP contribution in [0, 0.1) is 0 Å². The molecule has 3 rings (SSSR count). The van der Waals surface area contributed by atoms with Gasteiger partial charge < -0.3 is 10.5 Å². The lowest BCUT2D eigenvalue weighted by Gasteiger charge is -2.13. The van der Waals surface area contributed by atoms with Crippen molar-refractivity contribution in [2.75, 3.05) is 0 Å². The van der Waals surface area contributed by atoms with Crippen LogP contribution in [0.4, 0.5) is 0 Å². The molecule has 1 heterocycles. The minimum atomic E-state index is -0.0916. The van der Waals surface area contributed by atoms with Gasteiger partial charge in [-0.2, -0.15) is 0 Å². The molecule has 0 fully saturated rings. The van der Waals surface area contributed by atoms with E-state index in [1.807, 2.05) is 24.3 Å². The monoisotopic (exact) mass is 287 g/mol. The van der Waals surface area contributed by atoms with Gasteiger partial charge in [-0.15, -0.1) is 0 Å². The molecular weight excluding hydrogens is 270 g/mol. The van der Waals surface area contributed by atoms with Crippen molar-refractivity contribution in [3.05, 3.63) is 53.1 Å². The van der Waals surface area contributed by atoms with Crippen LogP contribution in [-0.4, -0.2) is 6.10 Å². The van der Waals surface area contributed by atoms with Gasteiger partial charge in [-0.25, -0.2) is 0 Å². The molecule has 1 aliphatic heterocycles. The van der Waals surface area contributed by atoms with Crippen molar-refractivity contribution in [1.82, 2.24) is 0 Å². The molecule has 0 radical (unpaired) electrons. The van der Waals surface area contributed by atoms with Gasteiger partial charge in [0.25, 0.3) is 0 Å². The Labute approximate surface area is 124 Å². The van der Waals surface area contributed by atoms with E-state index in [9.17, 15) is 0 Å². The second-order valence-electron chi connectivity index (χ2n) is 5.21. The van der Waals surface area contributed by atoms with Crippen LogP contribution in [-0.2, 0) is 0 Å². The van der Waals surface area contributed by atoms with E-state index >= 15 is 0 Å². The maximum absolute atomic E-state index is 6.37. The molecule has 2 N–H and O–H groups in total. The summed E-state index contributed by atoms with van der Waals surface area (Å²) in [4.78, 5) is 0. The van der Waals surface area contributed by atoms with E-state index in [0.29, 0.717) is 5.02 Å². The van der Waals surface area contributed by atoms with Crippen LogP contribution in [0.2, 0.25) is 5.02 Å². The SMILES string of the molecule is CCCC1Oc2c(Cl)cc(-c3ccccc3)cc2C1N. The van der Waals surface area contributed by atoms with Gasteiger partial charge in [-0.1, -0.05) is 55.3 Å². The molecule has 2 atom stereocenters. The Morgan fingerprint density at radius 2 is 1.90 bits per heavy atom. The lowest BCUT2D eigenvalue weighted by Crippen LogP contribution is -2.24. The van der Waals surface area contributed by atoms with Crippen LogP contribution in [0.5, 0.6) is 5.75 Å². The molecule has 0 amide bonds. The zero-order valence-corrected chi connectivity index (χ0v) is 12.2. The maximum Gasteiger partial charge on any atom is 0.143 e. The predicted molar refractivity (Wildman–Crippen MR) is 83.1 cm³/mol. The van der Waals surface area contributed by atoms with E-state index in [2.05, 4.69) is 25.1 Å². The summed E-state index contributed by atoms with van der Waals surface area (Å²) in [7, 11) is 0. The highest BCUT2D eigenvalue weighted by Crippen LogP contribution is 2.44. The van der Waals surface area contributed by atoms with Crippen molar-refractivity contribution < 1.29 is 4.74 Å². The van der Waals surface area contributed by atoms with Gasteiger partial charge in [0.05, 0.1) is 11.1 Å². The molecule has 2 nitrogen and oxygen atoms in total.